The van der Waals surface area contributed by atoms with Crippen LogP contribution in [-0.2, 0) is 17.7 Å². The molecule has 7 nitrogen and oxygen atoms in total. The highest BCUT2D eigenvalue weighted by Crippen LogP contribution is 2.29. The third kappa shape index (κ3) is 2.48. The fourth-order valence-electron chi connectivity index (χ4n) is 2.11. The highest BCUT2D eigenvalue weighted by atomic mass is 35.5. The van der Waals surface area contributed by atoms with Gasteiger partial charge in [0.2, 0.25) is 0 Å². The molecule has 1 N–H and O–H groups in total. The van der Waals surface area contributed by atoms with Crippen LogP contribution in [0.1, 0.15) is 21.9 Å². The molecule has 9 heteroatoms. The van der Waals surface area contributed by atoms with Crippen LogP contribution in [0, 0.1) is 0 Å². The van der Waals surface area contributed by atoms with Gasteiger partial charge in [0.1, 0.15) is 12.2 Å². The second-order valence-electron chi connectivity index (χ2n) is 4.37. The summed E-state index contributed by atoms with van der Waals surface area (Å²) in [6.45, 7) is 0.722. The van der Waals surface area contributed by atoms with Crippen molar-refractivity contribution in [3.8, 4) is 0 Å². The minimum atomic E-state index is -0.470. The molecule has 3 rings (SSSR count). The van der Waals surface area contributed by atoms with Gasteiger partial charge in [-0.1, -0.05) is 22.9 Å². The summed E-state index contributed by atoms with van der Waals surface area (Å²) < 4.78 is 6.53. The zero-order valence-electron chi connectivity index (χ0n) is 10.7. The maximum absolute atomic E-state index is 11.5. The van der Waals surface area contributed by atoms with E-state index in [2.05, 4.69) is 25.1 Å². The highest BCUT2D eigenvalue weighted by Gasteiger charge is 2.23. The van der Waals surface area contributed by atoms with E-state index >= 15 is 0 Å². The van der Waals surface area contributed by atoms with E-state index < -0.39 is 5.97 Å². The van der Waals surface area contributed by atoms with Crippen LogP contribution in [0.15, 0.2) is 6.33 Å². The van der Waals surface area contributed by atoms with E-state index in [0.29, 0.717) is 10.0 Å². The zero-order chi connectivity index (χ0) is 14.1. The molecule has 0 amide bonds. The second-order valence-corrected chi connectivity index (χ2v) is 5.73. The number of aromatic nitrogens is 4. The summed E-state index contributed by atoms with van der Waals surface area (Å²) in [5.74, 6) is 0.526. The van der Waals surface area contributed by atoms with Crippen molar-refractivity contribution >= 4 is 34.0 Å². The molecule has 0 bridgehead atoms. The van der Waals surface area contributed by atoms with Crippen LogP contribution in [0.2, 0.25) is 5.15 Å². The molecule has 0 aromatic carbocycles. The molecular formula is C11H12ClN5O2S. The monoisotopic (exact) mass is 313 g/mol. The SMILES string of the molecule is COC(=O)c1sc(NC2CCc3ncnn3C2)nc1Cl. The molecule has 1 aliphatic heterocycles. The highest BCUT2D eigenvalue weighted by molar-refractivity contribution is 7.18. The zero-order valence-corrected chi connectivity index (χ0v) is 12.2. The summed E-state index contributed by atoms with van der Waals surface area (Å²) in [6.07, 6.45) is 3.36. The molecule has 0 aliphatic carbocycles. The average molecular weight is 314 g/mol. The maximum atomic E-state index is 11.5. The molecular weight excluding hydrogens is 302 g/mol. The van der Waals surface area contributed by atoms with E-state index in [0.717, 1.165) is 25.2 Å². The molecule has 2 aromatic heterocycles. The lowest BCUT2D eigenvalue weighted by atomic mass is 10.1. The van der Waals surface area contributed by atoms with Gasteiger partial charge in [-0.2, -0.15) is 5.10 Å². The molecule has 1 aliphatic rings. The van der Waals surface area contributed by atoms with Crippen LogP contribution in [0.4, 0.5) is 5.13 Å². The van der Waals surface area contributed by atoms with Crippen molar-refractivity contribution in [2.75, 3.05) is 12.4 Å². The van der Waals surface area contributed by atoms with Crippen LogP contribution in [-0.4, -0.2) is 38.9 Å². The Labute approximate surface area is 123 Å². The first kappa shape index (κ1) is 13.3. The molecule has 3 heterocycles. The Hall–Kier alpha value is -1.67. The summed E-state index contributed by atoms with van der Waals surface area (Å²) in [5, 5.41) is 8.22. The Morgan fingerprint density at radius 3 is 3.30 bits per heavy atom. The predicted octanol–water partition coefficient (Wildman–Crippen LogP) is 1.60. The minimum absolute atomic E-state index is 0.168. The molecule has 106 valence electrons. The molecule has 0 radical (unpaired) electrons. The Morgan fingerprint density at radius 2 is 2.50 bits per heavy atom. The number of methoxy groups -OCH3 is 1. The fourth-order valence-corrected chi connectivity index (χ4v) is 3.29. The van der Waals surface area contributed by atoms with Gasteiger partial charge in [-0.15, -0.1) is 0 Å². The number of ether oxygens (including phenoxy) is 1. The number of aryl methyl sites for hydroxylation is 1. The predicted molar refractivity (Wildman–Crippen MR) is 74.2 cm³/mol. The van der Waals surface area contributed by atoms with E-state index in [1.165, 1.54) is 18.4 Å². The molecule has 20 heavy (non-hydrogen) atoms. The number of hydrogen-bond donors (Lipinski definition) is 1. The molecule has 1 atom stereocenters. The average Bonchev–Trinajstić information content (AvgIpc) is 3.04. The largest absolute Gasteiger partial charge is 0.465 e. The number of carbonyl (C=O) groups is 1. The van der Waals surface area contributed by atoms with E-state index in [-0.39, 0.29) is 11.2 Å². The first-order valence-electron chi connectivity index (χ1n) is 6.05. The van der Waals surface area contributed by atoms with E-state index in [1.807, 2.05) is 4.68 Å². The Morgan fingerprint density at radius 1 is 1.65 bits per heavy atom. The number of thiazole rings is 1. The number of halogens is 1. The van der Waals surface area contributed by atoms with E-state index in [1.54, 1.807) is 6.33 Å². The first-order valence-corrected chi connectivity index (χ1v) is 7.24. The van der Waals surface area contributed by atoms with Crippen molar-refractivity contribution in [3.05, 3.63) is 22.2 Å². The van der Waals surface area contributed by atoms with Gasteiger partial charge in [0, 0.05) is 12.5 Å². The maximum Gasteiger partial charge on any atom is 0.351 e. The number of nitrogens with zero attached hydrogens (tertiary/aromatic N) is 4. The Balaban J connectivity index is 1.71. The van der Waals surface area contributed by atoms with Gasteiger partial charge in [-0.05, 0) is 6.42 Å². The van der Waals surface area contributed by atoms with Crippen LogP contribution in [0.25, 0.3) is 0 Å². The van der Waals surface area contributed by atoms with Gasteiger partial charge >= 0.3 is 5.97 Å². The topological polar surface area (TPSA) is 81.9 Å². The lowest BCUT2D eigenvalue weighted by molar-refractivity contribution is 0.0606. The van der Waals surface area contributed by atoms with E-state index in [4.69, 9.17) is 11.6 Å². The van der Waals surface area contributed by atoms with Crippen molar-refractivity contribution in [1.82, 2.24) is 19.7 Å². The molecule has 0 saturated heterocycles. The summed E-state index contributed by atoms with van der Waals surface area (Å²) in [4.78, 5) is 20.1. The van der Waals surface area contributed by atoms with Crippen molar-refractivity contribution in [1.29, 1.82) is 0 Å². The number of carbonyl (C=O) groups excluding carboxylic acids is 1. The number of fused-ring (bicyclic) bond motifs is 1. The van der Waals surface area contributed by atoms with Crippen LogP contribution in [0.5, 0.6) is 0 Å². The number of hydrogen-bond acceptors (Lipinski definition) is 7. The van der Waals surface area contributed by atoms with Crippen molar-refractivity contribution in [2.24, 2.45) is 0 Å². The van der Waals surface area contributed by atoms with Gasteiger partial charge in [-0.25, -0.2) is 19.4 Å². The number of rotatable bonds is 3. The Kier molecular flexibility index (Phi) is 3.58. The molecule has 1 unspecified atom stereocenters. The third-order valence-electron chi connectivity index (χ3n) is 3.09. The van der Waals surface area contributed by atoms with Gasteiger partial charge in [-0.3, -0.25) is 0 Å². The summed E-state index contributed by atoms with van der Waals surface area (Å²) in [7, 11) is 1.32. The van der Waals surface area contributed by atoms with Crippen molar-refractivity contribution in [2.45, 2.75) is 25.4 Å². The van der Waals surface area contributed by atoms with Crippen LogP contribution >= 0.6 is 22.9 Å². The summed E-state index contributed by atoms with van der Waals surface area (Å²) in [5.41, 5.74) is 0. The lowest BCUT2D eigenvalue weighted by Crippen LogP contribution is -2.31. The lowest BCUT2D eigenvalue weighted by Gasteiger charge is -2.23. The van der Waals surface area contributed by atoms with Crippen LogP contribution < -0.4 is 5.32 Å². The standard InChI is InChI=1S/C11H12ClN5O2S/c1-19-10(18)8-9(12)16-11(20-8)15-6-2-3-7-13-5-14-17(7)4-6/h5-6H,2-4H2,1H3,(H,15,16). The van der Waals surface area contributed by atoms with Gasteiger partial charge in [0.15, 0.2) is 15.2 Å². The van der Waals surface area contributed by atoms with Gasteiger partial charge in [0.05, 0.1) is 13.7 Å². The van der Waals surface area contributed by atoms with Crippen molar-refractivity contribution in [3.63, 3.8) is 0 Å². The molecule has 0 saturated carbocycles. The summed E-state index contributed by atoms with van der Waals surface area (Å²) in [6, 6.07) is 0.192. The third-order valence-corrected chi connectivity index (χ3v) is 4.44. The second kappa shape index (κ2) is 5.37. The fraction of sp³-hybridized carbons (Fsp3) is 0.455. The first-order chi connectivity index (χ1) is 9.67. The number of esters is 1. The number of anilines is 1. The van der Waals surface area contributed by atoms with Gasteiger partial charge in [0.25, 0.3) is 0 Å². The summed E-state index contributed by atoms with van der Waals surface area (Å²) >= 11 is 7.13. The molecule has 2 aromatic rings. The van der Waals surface area contributed by atoms with Crippen LogP contribution in [0.3, 0.4) is 0 Å². The Bertz CT molecular complexity index is 641. The molecule has 0 spiro atoms. The minimum Gasteiger partial charge on any atom is -0.465 e. The normalized spacial score (nSPS) is 17.6. The number of nitrogens with one attached hydrogen (secondary N) is 1. The molecule has 0 fully saturated rings. The van der Waals surface area contributed by atoms with Gasteiger partial charge < -0.3 is 10.1 Å². The quantitative estimate of drug-likeness (QED) is 0.867. The smallest absolute Gasteiger partial charge is 0.351 e. The van der Waals surface area contributed by atoms with E-state index in [9.17, 15) is 4.79 Å². The van der Waals surface area contributed by atoms with Crippen molar-refractivity contribution < 1.29 is 9.53 Å².